The first-order valence-electron chi connectivity index (χ1n) is 7.88. The Hall–Kier alpha value is -0.690. The summed E-state index contributed by atoms with van der Waals surface area (Å²) >= 11 is 0. The molecule has 0 aromatic rings. The molecule has 21 heavy (non-hydrogen) atoms. The maximum absolute atomic E-state index is 12.0. The largest absolute Gasteiger partial charge is 0.385 e. The Bertz CT molecular complexity index is 294. The van der Waals surface area contributed by atoms with E-state index in [9.17, 15) is 4.79 Å². The fraction of sp³-hybridized carbons (Fsp3) is 0.933. The first kappa shape index (κ1) is 18.4. The van der Waals surface area contributed by atoms with Crippen molar-refractivity contribution in [2.24, 2.45) is 11.7 Å². The van der Waals surface area contributed by atoms with Crippen LogP contribution in [0.5, 0.6) is 0 Å². The molecule has 0 bridgehead atoms. The van der Waals surface area contributed by atoms with Crippen LogP contribution >= 0.6 is 0 Å². The van der Waals surface area contributed by atoms with E-state index in [1.165, 1.54) is 0 Å². The third-order valence-corrected chi connectivity index (χ3v) is 3.79. The van der Waals surface area contributed by atoms with Gasteiger partial charge in [0, 0.05) is 39.4 Å². The first-order chi connectivity index (χ1) is 10.0. The molecule has 0 aromatic carbocycles. The second-order valence-corrected chi connectivity index (χ2v) is 6.06. The summed E-state index contributed by atoms with van der Waals surface area (Å²) in [5, 5.41) is 2.99. The normalized spacial score (nSPS) is 19.5. The smallest absolute Gasteiger partial charge is 0.237 e. The van der Waals surface area contributed by atoms with Crippen LogP contribution in [0.4, 0.5) is 0 Å². The van der Waals surface area contributed by atoms with Crippen molar-refractivity contribution in [3.8, 4) is 0 Å². The average molecular weight is 301 g/mol. The number of morpholine rings is 1. The van der Waals surface area contributed by atoms with Gasteiger partial charge in [-0.25, -0.2) is 0 Å². The lowest BCUT2D eigenvalue weighted by Crippen LogP contribution is -2.51. The maximum Gasteiger partial charge on any atom is 0.237 e. The zero-order chi connectivity index (χ0) is 15.7. The molecule has 1 saturated heterocycles. The Balaban J connectivity index is 2.42. The maximum atomic E-state index is 12.0. The van der Waals surface area contributed by atoms with Crippen LogP contribution in [-0.2, 0) is 14.3 Å². The number of nitrogens with two attached hydrogens (primary N) is 1. The van der Waals surface area contributed by atoms with E-state index < -0.39 is 6.04 Å². The monoisotopic (exact) mass is 301 g/mol. The molecular weight excluding hydrogens is 270 g/mol. The Morgan fingerprint density at radius 1 is 1.38 bits per heavy atom. The van der Waals surface area contributed by atoms with Crippen molar-refractivity contribution in [1.82, 2.24) is 10.2 Å². The zero-order valence-electron chi connectivity index (χ0n) is 13.6. The summed E-state index contributed by atoms with van der Waals surface area (Å²) in [5.74, 6) is 0.506. The molecular formula is C15H31N3O3. The summed E-state index contributed by atoms with van der Waals surface area (Å²) in [6.45, 7) is 8.99. The van der Waals surface area contributed by atoms with Crippen LogP contribution in [0.15, 0.2) is 0 Å². The van der Waals surface area contributed by atoms with Gasteiger partial charge in [-0.3, -0.25) is 9.69 Å². The van der Waals surface area contributed by atoms with Crippen molar-refractivity contribution in [2.75, 3.05) is 46.6 Å². The van der Waals surface area contributed by atoms with Crippen molar-refractivity contribution >= 4 is 5.91 Å². The minimum Gasteiger partial charge on any atom is -0.385 e. The molecule has 1 fully saturated rings. The van der Waals surface area contributed by atoms with Crippen molar-refractivity contribution in [1.29, 1.82) is 0 Å². The fourth-order valence-electron chi connectivity index (χ4n) is 2.57. The highest BCUT2D eigenvalue weighted by Crippen LogP contribution is 2.13. The van der Waals surface area contributed by atoms with E-state index in [1.807, 2.05) is 0 Å². The van der Waals surface area contributed by atoms with Gasteiger partial charge in [-0.05, 0) is 18.8 Å². The summed E-state index contributed by atoms with van der Waals surface area (Å²) < 4.78 is 10.4. The summed E-state index contributed by atoms with van der Waals surface area (Å²) in [5.41, 5.74) is 5.84. The number of hydrogen-bond acceptors (Lipinski definition) is 5. The highest BCUT2D eigenvalue weighted by Gasteiger charge is 2.23. The number of hydrogen-bond donors (Lipinski definition) is 2. The SMILES string of the molecule is COCCC(N)C(=O)NCC(CC(C)C)N1CCOCC1. The predicted molar refractivity (Wildman–Crippen MR) is 83.1 cm³/mol. The van der Waals surface area contributed by atoms with Crippen LogP contribution in [0.3, 0.4) is 0 Å². The van der Waals surface area contributed by atoms with E-state index in [4.69, 9.17) is 15.2 Å². The Labute approximate surface area is 128 Å². The van der Waals surface area contributed by atoms with Crippen LogP contribution in [0.25, 0.3) is 0 Å². The standard InChI is InChI=1S/C15H31N3O3/c1-12(2)10-13(18-5-8-21-9-6-18)11-17-15(19)14(16)4-7-20-3/h12-14H,4-11,16H2,1-3H3,(H,17,19). The lowest BCUT2D eigenvalue weighted by molar-refractivity contribution is -0.123. The molecule has 0 aromatic heterocycles. The minimum atomic E-state index is -0.491. The summed E-state index contributed by atoms with van der Waals surface area (Å²) in [6, 6.07) is -0.137. The van der Waals surface area contributed by atoms with Crippen LogP contribution in [-0.4, -0.2) is 69.5 Å². The molecule has 1 aliphatic rings. The minimum absolute atomic E-state index is 0.0888. The van der Waals surface area contributed by atoms with Gasteiger partial charge in [0.1, 0.15) is 0 Å². The van der Waals surface area contributed by atoms with E-state index in [2.05, 4.69) is 24.1 Å². The fourth-order valence-corrected chi connectivity index (χ4v) is 2.57. The van der Waals surface area contributed by atoms with Gasteiger partial charge in [0.05, 0.1) is 19.3 Å². The molecule has 2 unspecified atom stereocenters. The molecule has 1 rings (SSSR count). The molecule has 2 atom stereocenters. The van der Waals surface area contributed by atoms with Crippen LogP contribution in [0.2, 0.25) is 0 Å². The van der Waals surface area contributed by atoms with E-state index >= 15 is 0 Å². The summed E-state index contributed by atoms with van der Waals surface area (Å²) in [4.78, 5) is 14.4. The molecule has 3 N–H and O–H groups in total. The molecule has 6 nitrogen and oxygen atoms in total. The van der Waals surface area contributed by atoms with Crippen molar-refractivity contribution in [2.45, 2.75) is 38.8 Å². The van der Waals surface area contributed by atoms with Gasteiger partial charge in [0.2, 0.25) is 5.91 Å². The van der Waals surface area contributed by atoms with E-state index in [1.54, 1.807) is 7.11 Å². The van der Waals surface area contributed by atoms with Gasteiger partial charge in [-0.1, -0.05) is 13.8 Å². The third-order valence-electron chi connectivity index (χ3n) is 3.79. The molecule has 1 amide bonds. The molecule has 1 heterocycles. The second kappa shape index (κ2) is 10.1. The topological polar surface area (TPSA) is 76.8 Å². The number of ether oxygens (including phenoxy) is 2. The van der Waals surface area contributed by atoms with Crippen molar-refractivity contribution in [3.63, 3.8) is 0 Å². The Morgan fingerprint density at radius 2 is 2.05 bits per heavy atom. The number of nitrogens with one attached hydrogen (secondary N) is 1. The molecule has 0 saturated carbocycles. The van der Waals surface area contributed by atoms with Crippen molar-refractivity contribution in [3.05, 3.63) is 0 Å². The van der Waals surface area contributed by atoms with E-state index in [0.29, 0.717) is 31.5 Å². The molecule has 1 aliphatic heterocycles. The Morgan fingerprint density at radius 3 is 2.62 bits per heavy atom. The average Bonchev–Trinajstić information content (AvgIpc) is 2.49. The lowest BCUT2D eigenvalue weighted by Gasteiger charge is -2.35. The third kappa shape index (κ3) is 7.22. The number of rotatable bonds is 9. The number of methoxy groups -OCH3 is 1. The van der Waals surface area contributed by atoms with E-state index in [0.717, 1.165) is 32.7 Å². The number of amides is 1. The molecule has 124 valence electrons. The van der Waals surface area contributed by atoms with Crippen LogP contribution in [0, 0.1) is 5.92 Å². The number of nitrogens with zero attached hydrogens (tertiary/aromatic N) is 1. The number of carbonyl (C=O) groups excluding carboxylic acids is 1. The quantitative estimate of drug-likeness (QED) is 0.637. The zero-order valence-corrected chi connectivity index (χ0v) is 13.6. The lowest BCUT2D eigenvalue weighted by atomic mass is 10.0. The van der Waals surface area contributed by atoms with Crippen LogP contribution in [0.1, 0.15) is 26.7 Å². The highest BCUT2D eigenvalue weighted by molar-refractivity contribution is 5.81. The summed E-state index contributed by atoms with van der Waals surface area (Å²) in [6.07, 6.45) is 1.61. The molecule has 6 heteroatoms. The van der Waals surface area contributed by atoms with Gasteiger partial charge in [0.25, 0.3) is 0 Å². The number of carbonyl (C=O) groups is 1. The molecule has 0 aliphatic carbocycles. The molecule has 0 radical (unpaired) electrons. The van der Waals surface area contributed by atoms with Gasteiger partial charge in [-0.15, -0.1) is 0 Å². The predicted octanol–water partition coefficient (Wildman–Crippen LogP) is 0.213. The summed E-state index contributed by atoms with van der Waals surface area (Å²) in [7, 11) is 1.61. The molecule has 0 spiro atoms. The Kier molecular flexibility index (Phi) is 8.84. The second-order valence-electron chi connectivity index (χ2n) is 6.06. The van der Waals surface area contributed by atoms with Gasteiger partial charge >= 0.3 is 0 Å². The van der Waals surface area contributed by atoms with Gasteiger partial charge in [-0.2, -0.15) is 0 Å². The van der Waals surface area contributed by atoms with E-state index in [-0.39, 0.29) is 5.91 Å². The highest BCUT2D eigenvalue weighted by atomic mass is 16.5. The van der Waals surface area contributed by atoms with Crippen LogP contribution < -0.4 is 11.1 Å². The first-order valence-corrected chi connectivity index (χ1v) is 7.88. The van der Waals surface area contributed by atoms with Gasteiger partial charge in [0.15, 0.2) is 0 Å². The van der Waals surface area contributed by atoms with Gasteiger partial charge < -0.3 is 20.5 Å². The van der Waals surface area contributed by atoms with Crippen molar-refractivity contribution < 1.29 is 14.3 Å².